The molecule has 1 unspecified atom stereocenters. The number of rotatable bonds is 2. The first kappa shape index (κ1) is 18.4. The minimum absolute atomic E-state index is 0.0463. The predicted molar refractivity (Wildman–Crippen MR) is 114 cm³/mol. The molecule has 2 aliphatic heterocycles. The van der Waals surface area contributed by atoms with E-state index in [0.717, 1.165) is 28.9 Å². The summed E-state index contributed by atoms with van der Waals surface area (Å²) < 4.78 is 5.50. The van der Waals surface area contributed by atoms with E-state index in [9.17, 15) is 9.59 Å². The van der Waals surface area contributed by atoms with E-state index in [0.29, 0.717) is 25.4 Å². The van der Waals surface area contributed by atoms with Gasteiger partial charge in [0, 0.05) is 31.1 Å². The number of anilines is 1. The van der Waals surface area contributed by atoms with Crippen molar-refractivity contribution in [2.45, 2.75) is 18.9 Å². The van der Waals surface area contributed by atoms with Crippen LogP contribution in [0.3, 0.4) is 0 Å². The smallest absolute Gasteiger partial charge is 0.313 e. The maximum Gasteiger partial charge on any atom is 0.313 e. The van der Waals surface area contributed by atoms with Crippen molar-refractivity contribution in [3.8, 4) is 5.75 Å². The van der Waals surface area contributed by atoms with Gasteiger partial charge in [-0.25, -0.2) is 0 Å². The molecule has 30 heavy (non-hydrogen) atoms. The lowest BCUT2D eigenvalue weighted by Crippen LogP contribution is -2.44. The average molecular weight is 398 g/mol. The molecule has 0 fully saturated rings. The molecule has 2 heterocycles. The summed E-state index contributed by atoms with van der Waals surface area (Å²) in [6.45, 7) is 1.56. The Morgan fingerprint density at radius 1 is 0.933 bits per heavy atom. The number of amides is 2. The van der Waals surface area contributed by atoms with Gasteiger partial charge in [0.1, 0.15) is 5.75 Å². The zero-order valence-electron chi connectivity index (χ0n) is 16.5. The van der Waals surface area contributed by atoms with E-state index in [1.54, 1.807) is 11.0 Å². The van der Waals surface area contributed by atoms with E-state index in [-0.39, 0.29) is 5.92 Å². The van der Waals surface area contributed by atoms with Crippen LogP contribution in [-0.2, 0) is 22.6 Å². The molecule has 150 valence electrons. The molecular weight excluding hydrogens is 376 g/mol. The molecule has 5 rings (SSSR count). The Kier molecular flexibility index (Phi) is 4.71. The first-order valence-corrected chi connectivity index (χ1v) is 10.2. The fraction of sp³-hybridized carbons (Fsp3) is 0.200. The molecule has 3 aromatic rings. The van der Waals surface area contributed by atoms with E-state index in [1.807, 2.05) is 48.5 Å². The van der Waals surface area contributed by atoms with Crippen molar-refractivity contribution in [3.63, 3.8) is 0 Å². The van der Waals surface area contributed by atoms with Gasteiger partial charge in [0.05, 0.1) is 6.61 Å². The Balaban J connectivity index is 1.37. The van der Waals surface area contributed by atoms with Crippen LogP contribution in [0.1, 0.15) is 28.2 Å². The summed E-state index contributed by atoms with van der Waals surface area (Å²) >= 11 is 0. The van der Waals surface area contributed by atoms with Crippen LogP contribution in [0.15, 0.2) is 72.8 Å². The number of fused-ring (bicyclic) bond motifs is 2. The molecule has 3 aromatic carbocycles. The Morgan fingerprint density at radius 2 is 1.73 bits per heavy atom. The highest BCUT2D eigenvalue weighted by Crippen LogP contribution is 2.33. The largest absolute Gasteiger partial charge is 0.493 e. The third kappa shape index (κ3) is 3.43. The Hall–Kier alpha value is -3.60. The molecule has 0 saturated carbocycles. The number of ether oxygens (including phenoxy) is 1. The predicted octanol–water partition coefficient (Wildman–Crippen LogP) is 3.73. The second kappa shape index (κ2) is 7.67. The molecule has 2 aliphatic rings. The summed E-state index contributed by atoms with van der Waals surface area (Å²) in [6.07, 6.45) is 0.814. The summed E-state index contributed by atoms with van der Waals surface area (Å²) in [5, 5.41) is 2.76. The average Bonchev–Trinajstić information content (AvgIpc) is 3.26. The van der Waals surface area contributed by atoms with Crippen molar-refractivity contribution in [2.75, 3.05) is 18.5 Å². The van der Waals surface area contributed by atoms with Crippen molar-refractivity contribution in [2.24, 2.45) is 0 Å². The number of carbonyl (C=O) groups is 2. The van der Waals surface area contributed by atoms with Gasteiger partial charge in [-0.1, -0.05) is 54.6 Å². The number of carbonyl (C=O) groups excluding carboxylic acids is 2. The highest BCUT2D eigenvalue weighted by atomic mass is 16.5. The topological polar surface area (TPSA) is 58.6 Å². The SMILES string of the molecule is O=C(Nc1ccc2c(c1)CCO2)C(=O)N1Cc2ccccc2C(c2ccccc2)C1. The van der Waals surface area contributed by atoms with Gasteiger partial charge in [-0.15, -0.1) is 0 Å². The fourth-order valence-electron chi connectivity index (χ4n) is 4.32. The lowest BCUT2D eigenvalue weighted by atomic mass is 9.84. The third-order valence-corrected chi connectivity index (χ3v) is 5.83. The molecule has 0 radical (unpaired) electrons. The van der Waals surface area contributed by atoms with Crippen LogP contribution >= 0.6 is 0 Å². The summed E-state index contributed by atoms with van der Waals surface area (Å²) in [6, 6.07) is 23.8. The zero-order chi connectivity index (χ0) is 20.5. The molecule has 1 N–H and O–H groups in total. The molecule has 0 aliphatic carbocycles. The maximum absolute atomic E-state index is 13.0. The summed E-state index contributed by atoms with van der Waals surface area (Å²) in [4.78, 5) is 27.4. The van der Waals surface area contributed by atoms with Gasteiger partial charge in [0.2, 0.25) is 0 Å². The molecule has 1 atom stereocenters. The van der Waals surface area contributed by atoms with Crippen molar-refractivity contribution in [1.29, 1.82) is 0 Å². The molecule has 5 nitrogen and oxygen atoms in total. The van der Waals surface area contributed by atoms with E-state index in [4.69, 9.17) is 4.74 Å². The maximum atomic E-state index is 13.0. The minimum Gasteiger partial charge on any atom is -0.493 e. The van der Waals surface area contributed by atoms with E-state index in [2.05, 4.69) is 23.5 Å². The first-order chi connectivity index (χ1) is 14.7. The summed E-state index contributed by atoms with van der Waals surface area (Å²) in [7, 11) is 0. The molecule has 0 saturated heterocycles. The van der Waals surface area contributed by atoms with Gasteiger partial charge in [-0.3, -0.25) is 9.59 Å². The normalized spacial score (nSPS) is 16.9. The van der Waals surface area contributed by atoms with Crippen LogP contribution in [0.5, 0.6) is 5.75 Å². The van der Waals surface area contributed by atoms with Crippen LogP contribution in [0, 0.1) is 0 Å². The van der Waals surface area contributed by atoms with E-state index < -0.39 is 11.8 Å². The number of hydrogen-bond donors (Lipinski definition) is 1. The lowest BCUT2D eigenvalue weighted by Gasteiger charge is -2.34. The van der Waals surface area contributed by atoms with Gasteiger partial charge in [0.25, 0.3) is 0 Å². The number of nitrogens with zero attached hydrogens (tertiary/aromatic N) is 1. The van der Waals surface area contributed by atoms with Crippen molar-refractivity contribution in [3.05, 3.63) is 95.1 Å². The highest BCUT2D eigenvalue weighted by Gasteiger charge is 2.32. The van der Waals surface area contributed by atoms with Gasteiger partial charge >= 0.3 is 11.8 Å². The second-order valence-electron chi connectivity index (χ2n) is 7.72. The van der Waals surface area contributed by atoms with Crippen molar-refractivity contribution in [1.82, 2.24) is 4.90 Å². The number of benzene rings is 3. The fourth-order valence-corrected chi connectivity index (χ4v) is 4.32. The van der Waals surface area contributed by atoms with Crippen LogP contribution in [0.2, 0.25) is 0 Å². The quantitative estimate of drug-likeness (QED) is 0.669. The zero-order valence-corrected chi connectivity index (χ0v) is 16.5. The Bertz CT molecular complexity index is 1110. The van der Waals surface area contributed by atoms with Gasteiger partial charge < -0.3 is 15.0 Å². The minimum atomic E-state index is -0.611. The summed E-state index contributed by atoms with van der Waals surface area (Å²) in [5.74, 6) is -0.232. The van der Waals surface area contributed by atoms with Crippen LogP contribution < -0.4 is 10.1 Å². The standard InChI is InChI=1S/C25H22N2O3/c28-24(26-20-10-11-23-18(14-20)12-13-30-23)25(29)27-15-19-8-4-5-9-21(19)22(16-27)17-6-2-1-3-7-17/h1-11,14,22H,12-13,15-16H2,(H,26,28). The summed E-state index contributed by atoms with van der Waals surface area (Å²) in [5.41, 5.74) is 5.10. The van der Waals surface area contributed by atoms with Crippen LogP contribution in [-0.4, -0.2) is 29.9 Å². The van der Waals surface area contributed by atoms with Gasteiger partial charge in [-0.2, -0.15) is 0 Å². The van der Waals surface area contributed by atoms with Crippen LogP contribution in [0.25, 0.3) is 0 Å². The molecule has 0 bridgehead atoms. The molecule has 0 aromatic heterocycles. The second-order valence-corrected chi connectivity index (χ2v) is 7.72. The third-order valence-electron chi connectivity index (χ3n) is 5.83. The highest BCUT2D eigenvalue weighted by molar-refractivity contribution is 6.39. The Morgan fingerprint density at radius 3 is 2.60 bits per heavy atom. The van der Waals surface area contributed by atoms with Gasteiger partial charge in [0.15, 0.2) is 0 Å². The monoisotopic (exact) mass is 398 g/mol. The molecule has 2 amide bonds. The van der Waals surface area contributed by atoms with Crippen molar-refractivity contribution < 1.29 is 14.3 Å². The molecule has 0 spiro atoms. The van der Waals surface area contributed by atoms with E-state index in [1.165, 1.54) is 5.56 Å². The lowest BCUT2D eigenvalue weighted by molar-refractivity contribution is -0.143. The van der Waals surface area contributed by atoms with Crippen LogP contribution in [0.4, 0.5) is 5.69 Å². The number of nitrogens with one attached hydrogen (secondary N) is 1. The Labute approximate surface area is 175 Å². The number of hydrogen-bond acceptors (Lipinski definition) is 3. The van der Waals surface area contributed by atoms with Gasteiger partial charge in [-0.05, 0) is 40.5 Å². The molecular formula is C25H22N2O3. The molecule has 5 heteroatoms. The first-order valence-electron chi connectivity index (χ1n) is 10.2. The van der Waals surface area contributed by atoms with E-state index >= 15 is 0 Å². The van der Waals surface area contributed by atoms with Crippen molar-refractivity contribution >= 4 is 17.5 Å².